The summed E-state index contributed by atoms with van der Waals surface area (Å²) in [6.45, 7) is 5.14. The fraction of sp³-hybridized carbons (Fsp3) is 0.846. The van der Waals surface area contributed by atoms with Crippen LogP contribution in [0.15, 0.2) is 0 Å². The molecule has 4 heteroatoms. The van der Waals surface area contributed by atoms with Crippen molar-refractivity contribution in [3.05, 3.63) is 0 Å². The van der Waals surface area contributed by atoms with Crippen LogP contribution in [-0.2, 0) is 4.79 Å². The summed E-state index contributed by atoms with van der Waals surface area (Å²) in [5, 5.41) is 2.91. The molecule has 0 radical (unpaired) electrons. The first-order chi connectivity index (χ1) is 8.15. The van der Waals surface area contributed by atoms with Crippen molar-refractivity contribution in [3.8, 4) is 0 Å². The summed E-state index contributed by atoms with van der Waals surface area (Å²) in [6.07, 6.45) is 5.73. The molecule has 1 unspecified atom stereocenters. The maximum Gasteiger partial charge on any atom is 0.317 e. The van der Waals surface area contributed by atoms with Gasteiger partial charge in [0.2, 0.25) is 0 Å². The molecule has 0 bridgehead atoms. The first-order valence-electron chi connectivity index (χ1n) is 6.69. The van der Waals surface area contributed by atoms with Crippen LogP contribution in [0.5, 0.6) is 0 Å². The molecule has 1 aliphatic heterocycles. The molecular formula is C13H24N2O2. The molecule has 0 saturated carbocycles. The maximum absolute atomic E-state index is 12.0. The van der Waals surface area contributed by atoms with Crippen LogP contribution in [0.1, 0.15) is 52.4 Å². The van der Waals surface area contributed by atoms with Gasteiger partial charge in [0.1, 0.15) is 5.78 Å². The number of amides is 2. The van der Waals surface area contributed by atoms with Crippen LogP contribution in [0, 0.1) is 0 Å². The van der Waals surface area contributed by atoms with Crippen molar-refractivity contribution in [3.63, 3.8) is 0 Å². The number of carbonyl (C=O) groups is 2. The van der Waals surface area contributed by atoms with Gasteiger partial charge in [0.15, 0.2) is 0 Å². The smallest absolute Gasteiger partial charge is 0.317 e. The monoisotopic (exact) mass is 240 g/mol. The van der Waals surface area contributed by atoms with Crippen molar-refractivity contribution < 1.29 is 9.59 Å². The first kappa shape index (κ1) is 14.0. The highest BCUT2D eigenvalue weighted by molar-refractivity contribution is 5.78. The Bertz CT molecular complexity index is 266. The first-order valence-corrected chi connectivity index (χ1v) is 6.69. The molecule has 1 rings (SSSR count). The number of hydrogen-bond acceptors (Lipinski definition) is 2. The molecule has 0 aliphatic carbocycles. The molecule has 1 aliphatic rings. The number of Topliss-reactive ketones (excluding diaryl/α,β-unsaturated/α-hetero) is 1. The topological polar surface area (TPSA) is 49.4 Å². The molecule has 0 aromatic rings. The fourth-order valence-corrected chi connectivity index (χ4v) is 2.32. The summed E-state index contributed by atoms with van der Waals surface area (Å²) in [6, 6.07) is 0.104. The van der Waals surface area contributed by atoms with E-state index in [0.717, 1.165) is 38.6 Å². The van der Waals surface area contributed by atoms with Gasteiger partial charge >= 0.3 is 6.03 Å². The minimum absolute atomic E-state index is 0.000000000000000444. The molecule has 1 atom stereocenters. The molecule has 17 heavy (non-hydrogen) atoms. The van der Waals surface area contributed by atoms with Gasteiger partial charge in [-0.15, -0.1) is 0 Å². The Morgan fingerprint density at radius 1 is 1.29 bits per heavy atom. The average Bonchev–Trinajstić information content (AvgIpc) is 2.50. The van der Waals surface area contributed by atoms with Crippen molar-refractivity contribution in [1.82, 2.24) is 10.2 Å². The van der Waals surface area contributed by atoms with Crippen LogP contribution in [0.25, 0.3) is 0 Å². The fourth-order valence-electron chi connectivity index (χ4n) is 2.32. The summed E-state index contributed by atoms with van der Waals surface area (Å²) >= 11 is 0. The van der Waals surface area contributed by atoms with Gasteiger partial charge in [0, 0.05) is 25.6 Å². The molecule has 0 aromatic heterocycles. The van der Waals surface area contributed by atoms with Crippen LogP contribution in [-0.4, -0.2) is 35.8 Å². The number of urea groups is 1. The summed E-state index contributed by atoms with van der Waals surface area (Å²) in [7, 11) is 0. The summed E-state index contributed by atoms with van der Waals surface area (Å²) in [5.74, 6) is 0.171. The van der Waals surface area contributed by atoms with Crippen LogP contribution >= 0.6 is 0 Å². The van der Waals surface area contributed by atoms with E-state index < -0.39 is 0 Å². The molecule has 98 valence electrons. The highest BCUT2D eigenvalue weighted by Gasteiger charge is 2.25. The highest BCUT2D eigenvalue weighted by atomic mass is 16.2. The second kappa shape index (κ2) is 7.30. The molecule has 1 saturated heterocycles. The van der Waals surface area contributed by atoms with Gasteiger partial charge in [0.25, 0.3) is 0 Å². The summed E-state index contributed by atoms with van der Waals surface area (Å²) in [4.78, 5) is 25.1. The lowest BCUT2D eigenvalue weighted by atomic mass is 10.0. The van der Waals surface area contributed by atoms with Crippen molar-refractivity contribution in [2.75, 3.05) is 13.1 Å². The Labute approximate surface area is 104 Å². The number of nitrogens with one attached hydrogen (secondary N) is 1. The Morgan fingerprint density at radius 3 is 2.71 bits per heavy atom. The molecule has 4 nitrogen and oxygen atoms in total. The van der Waals surface area contributed by atoms with E-state index in [1.54, 1.807) is 6.92 Å². The second-order valence-corrected chi connectivity index (χ2v) is 4.83. The minimum Gasteiger partial charge on any atom is -0.338 e. The Hall–Kier alpha value is -1.06. The Kier molecular flexibility index (Phi) is 6.01. The van der Waals surface area contributed by atoms with Gasteiger partial charge in [-0.25, -0.2) is 4.79 Å². The van der Waals surface area contributed by atoms with Crippen LogP contribution in [0.2, 0.25) is 0 Å². The minimum atomic E-state index is 0.000000000000000444. The predicted molar refractivity (Wildman–Crippen MR) is 67.9 cm³/mol. The molecule has 0 aromatic carbocycles. The number of carbonyl (C=O) groups excluding carboxylic acids is 2. The van der Waals surface area contributed by atoms with E-state index in [1.807, 2.05) is 11.8 Å². The van der Waals surface area contributed by atoms with E-state index in [2.05, 4.69) is 5.32 Å². The lowest BCUT2D eigenvalue weighted by Gasteiger charge is -2.29. The van der Waals surface area contributed by atoms with Crippen molar-refractivity contribution in [2.45, 2.75) is 58.4 Å². The van der Waals surface area contributed by atoms with Crippen LogP contribution in [0.4, 0.5) is 4.79 Å². The zero-order valence-electron chi connectivity index (χ0n) is 11.0. The zero-order valence-corrected chi connectivity index (χ0v) is 11.0. The third kappa shape index (κ3) is 4.75. The Morgan fingerprint density at radius 2 is 2.06 bits per heavy atom. The number of nitrogens with zero attached hydrogens (tertiary/aromatic N) is 1. The van der Waals surface area contributed by atoms with E-state index in [-0.39, 0.29) is 17.9 Å². The van der Waals surface area contributed by atoms with Crippen molar-refractivity contribution in [2.24, 2.45) is 0 Å². The van der Waals surface area contributed by atoms with E-state index in [4.69, 9.17) is 0 Å². The standard InChI is InChI=1S/C13H24N2O2/c1-3-8-14-13(17)15-9-6-4-5-7-12(15)10-11(2)16/h12H,3-10H2,1-2H3,(H,14,17). The number of rotatable bonds is 4. The normalized spacial score (nSPS) is 20.8. The van der Waals surface area contributed by atoms with Gasteiger partial charge in [-0.05, 0) is 26.2 Å². The van der Waals surface area contributed by atoms with Crippen LogP contribution in [0.3, 0.4) is 0 Å². The van der Waals surface area contributed by atoms with E-state index in [0.29, 0.717) is 13.0 Å². The van der Waals surface area contributed by atoms with Gasteiger partial charge < -0.3 is 10.2 Å². The van der Waals surface area contributed by atoms with Gasteiger partial charge in [-0.1, -0.05) is 19.8 Å². The molecule has 1 heterocycles. The summed E-state index contributed by atoms with van der Waals surface area (Å²) in [5.41, 5.74) is 0. The third-order valence-corrected chi connectivity index (χ3v) is 3.19. The molecular weight excluding hydrogens is 216 g/mol. The lowest BCUT2D eigenvalue weighted by Crippen LogP contribution is -2.46. The lowest BCUT2D eigenvalue weighted by molar-refractivity contribution is -0.118. The largest absolute Gasteiger partial charge is 0.338 e. The average molecular weight is 240 g/mol. The predicted octanol–water partition coefficient (Wildman–Crippen LogP) is 2.33. The van der Waals surface area contributed by atoms with Gasteiger partial charge in [-0.2, -0.15) is 0 Å². The molecule has 2 amide bonds. The zero-order chi connectivity index (χ0) is 12.7. The second-order valence-electron chi connectivity index (χ2n) is 4.83. The van der Waals surface area contributed by atoms with Crippen LogP contribution < -0.4 is 5.32 Å². The molecule has 0 spiro atoms. The SMILES string of the molecule is CCCNC(=O)N1CCCCCC1CC(C)=O. The third-order valence-electron chi connectivity index (χ3n) is 3.19. The highest BCUT2D eigenvalue weighted by Crippen LogP contribution is 2.19. The van der Waals surface area contributed by atoms with Crippen molar-refractivity contribution >= 4 is 11.8 Å². The van der Waals surface area contributed by atoms with Gasteiger partial charge in [-0.3, -0.25) is 4.79 Å². The summed E-state index contributed by atoms with van der Waals surface area (Å²) < 4.78 is 0. The number of likely N-dealkylation sites (tertiary alicyclic amines) is 1. The molecule has 1 N–H and O–H groups in total. The maximum atomic E-state index is 12.0. The van der Waals surface area contributed by atoms with E-state index in [1.165, 1.54) is 0 Å². The van der Waals surface area contributed by atoms with E-state index >= 15 is 0 Å². The van der Waals surface area contributed by atoms with Gasteiger partial charge in [0.05, 0.1) is 0 Å². The quantitative estimate of drug-likeness (QED) is 0.820. The number of ketones is 1. The Balaban J connectivity index is 2.60. The van der Waals surface area contributed by atoms with E-state index in [9.17, 15) is 9.59 Å². The molecule has 1 fully saturated rings. The number of hydrogen-bond donors (Lipinski definition) is 1. The van der Waals surface area contributed by atoms with Crippen molar-refractivity contribution in [1.29, 1.82) is 0 Å².